The number of hydrogen-bond acceptors (Lipinski definition) is 3. The van der Waals surface area contributed by atoms with Crippen LogP contribution in [-0.2, 0) is 11.0 Å². The van der Waals surface area contributed by atoms with Gasteiger partial charge in [0.15, 0.2) is 0 Å². The third-order valence-corrected chi connectivity index (χ3v) is 2.99. The van der Waals surface area contributed by atoms with Crippen LogP contribution in [0.15, 0.2) is 18.2 Å². The summed E-state index contributed by atoms with van der Waals surface area (Å²) in [5.41, 5.74) is 3.82. The van der Waals surface area contributed by atoms with E-state index in [1.807, 2.05) is 0 Å². The van der Waals surface area contributed by atoms with Gasteiger partial charge in [-0.2, -0.15) is 13.2 Å². The van der Waals surface area contributed by atoms with Crippen molar-refractivity contribution in [3.63, 3.8) is 0 Å². The van der Waals surface area contributed by atoms with Crippen molar-refractivity contribution >= 4 is 17.6 Å². The molecule has 0 saturated carbocycles. The fourth-order valence-corrected chi connectivity index (χ4v) is 1.72. The smallest absolute Gasteiger partial charge is 0.416 e. The van der Waals surface area contributed by atoms with Crippen LogP contribution in [0.1, 0.15) is 29.3 Å². The molecule has 5 nitrogen and oxygen atoms in total. The molecule has 0 aliphatic heterocycles. The van der Waals surface area contributed by atoms with Gasteiger partial charge >= 0.3 is 12.1 Å². The zero-order valence-electron chi connectivity index (χ0n) is 11.2. The summed E-state index contributed by atoms with van der Waals surface area (Å²) < 4.78 is 37.8. The number of aliphatic carboxylic acids is 1. The molecule has 21 heavy (non-hydrogen) atoms. The number of anilines is 1. The minimum atomic E-state index is -4.59. The molecule has 0 spiro atoms. The highest BCUT2D eigenvalue weighted by molar-refractivity contribution is 5.98. The Bertz CT molecular complexity index is 544. The maximum Gasteiger partial charge on any atom is 0.416 e. The molecule has 1 amide bonds. The first-order valence-corrected chi connectivity index (χ1v) is 6.14. The number of carboxylic acid groups (broad SMARTS) is 1. The molecule has 0 aliphatic carbocycles. The Morgan fingerprint density at radius 2 is 2.00 bits per heavy atom. The quantitative estimate of drug-likeness (QED) is 0.752. The third-order valence-electron chi connectivity index (χ3n) is 2.99. The standard InChI is InChI=1S/C13H15F3N2O3/c1-2-7(12(20)21)6-18-10-4-3-8(13(14,15)16)5-9(10)11(17)19/h3-5,7,18H,2,6H2,1H3,(H2,17,19)(H,20,21). The molecule has 4 N–H and O–H groups in total. The fraction of sp³-hybridized carbons (Fsp3) is 0.385. The maximum absolute atomic E-state index is 12.6. The van der Waals surface area contributed by atoms with Crippen LogP contribution in [0.5, 0.6) is 0 Å². The SMILES string of the molecule is CCC(CNc1ccc(C(F)(F)F)cc1C(N)=O)C(=O)O. The molecule has 1 aromatic rings. The van der Waals surface area contributed by atoms with Crippen LogP contribution in [0.3, 0.4) is 0 Å². The van der Waals surface area contributed by atoms with Crippen LogP contribution < -0.4 is 11.1 Å². The summed E-state index contributed by atoms with van der Waals surface area (Å²) in [6, 6.07) is 2.51. The van der Waals surface area contributed by atoms with Crippen LogP contribution in [0.25, 0.3) is 0 Å². The van der Waals surface area contributed by atoms with Gasteiger partial charge in [-0.1, -0.05) is 6.92 Å². The molecule has 116 valence electrons. The lowest BCUT2D eigenvalue weighted by molar-refractivity contribution is -0.141. The van der Waals surface area contributed by atoms with Crippen LogP contribution in [0, 0.1) is 5.92 Å². The molecule has 0 aliphatic rings. The largest absolute Gasteiger partial charge is 0.481 e. The average Bonchev–Trinajstić information content (AvgIpc) is 2.37. The Morgan fingerprint density at radius 1 is 1.38 bits per heavy atom. The van der Waals surface area contributed by atoms with Gasteiger partial charge in [0.2, 0.25) is 0 Å². The number of hydrogen-bond donors (Lipinski definition) is 3. The van der Waals surface area contributed by atoms with E-state index >= 15 is 0 Å². The van der Waals surface area contributed by atoms with Gasteiger partial charge in [-0.05, 0) is 24.6 Å². The zero-order valence-corrected chi connectivity index (χ0v) is 11.2. The first kappa shape index (κ1) is 16.8. The van der Waals surface area contributed by atoms with E-state index in [9.17, 15) is 22.8 Å². The van der Waals surface area contributed by atoms with Crippen molar-refractivity contribution in [1.29, 1.82) is 0 Å². The molecule has 0 heterocycles. The molecular formula is C13H15F3N2O3. The molecular weight excluding hydrogens is 289 g/mol. The van der Waals surface area contributed by atoms with Crippen LogP contribution in [0.4, 0.5) is 18.9 Å². The van der Waals surface area contributed by atoms with Crippen molar-refractivity contribution in [3.05, 3.63) is 29.3 Å². The summed E-state index contributed by atoms with van der Waals surface area (Å²) >= 11 is 0. The molecule has 8 heteroatoms. The third kappa shape index (κ3) is 4.37. The lowest BCUT2D eigenvalue weighted by atomic mass is 10.0. The number of primary amides is 1. The monoisotopic (exact) mass is 304 g/mol. The van der Waals surface area contributed by atoms with E-state index in [-0.39, 0.29) is 17.8 Å². The number of benzene rings is 1. The fourth-order valence-electron chi connectivity index (χ4n) is 1.72. The Morgan fingerprint density at radius 3 is 2.43 bits per heavy atom. The van der Waals surface area contributed by atoms with Gasteiger partial charge in [0.25, 0.3) is 5.91 Å². The second-order valence-corrected chi connectivity index (χ2v) is 4.45. The minimum absolute atomic E-state index is 0.0164. The van der Waals surface area contributed by atoms with Gasteiger partial charge in [-0.15, -0.1) is 0 Å². The van der Waals surface area contributed by atoms with E-state index in [0.29, 0.717) is 12.5 Å². The molecule has 1 atom stereocenters. The van der Waals surface area contributed by atoms with Crippen LogP contribution in [-0.4, -0.2) is 23.5 Å². The van der Waals surface area contributed by atoms with Gasteiger partial charge in [0, 0.05) is 12.2 Å². The van der Waals surface area contributed by atoms with Gasteiger partial charge in [-0.25, -0.2) is 0 Å². The van der Waals surface area contributed by atoms with Crippen LogP contribution in [0.2, 0.25) is 0 Å². The number of rotatable bonds is 6. The van der Waals surface area contributed by atoms with E-state index < -0.39 is 29.5 Å². The summed E-state index contributed by atoms with van der Waals surface area (Å²) in [6.45, 7) is 1.65. The average molecular weight is 304 g/mol. The minimum Gasteiger partial charge on any atom is -0.481 e. The van der Waals surface area contributed by atoms with Gasteiger partial charge in [0.05, 0.1) is 17.0 Å². The Hall–Kier alpha value is -2.25. The maximum atomic E-state index is 12.6. The van der Waals surface area contributed by atoms with E-state index in [4.69, 9.17) is 10.8 Å². The molecule has 1 unspecified atom stereocenters. The molecule has 1 rings (SSSR count). The number of carboxylic acids is 1. The predicted octanol–water partition coefficient (Wildman–Crippen LogP) is 2.33. The number of halogens is 3. The van der Waals surface area contributed by atoms with Gasteiger partial charge in [0.1, 0.15) is 0 Å². The number of nitrogens with two attached hydrogens (primary N) is 1. The van der Waals surface area contributed by atoms with Crippen molar-refractivity contribution in [2.45, 2.75) is 19.5 Å². The van der Waals surface area contributed by atoms with E-state index in [0.717, 1.165) is 12.1 Å². The number of amides is 1. The Balaban J connectivity index is 3.02. The van der Waals surface area contributed by atoms with E-state index in [2.05, 4.69) is 5.32 Å². The zero-order chi connectivity index (χ0) is 16.2. The molecule has 1 aromatic carbocycles. The van der Waals surface area contributed by atoms with Crippen molar-refractivity contribution in [1.82, 2.24) is 0 Å². The Labute approximate surface area is 118 Å². The van der Waals surface area contributed by atoms with Crippen LogP contribution >= 0.6 is 0 Å². The number of carbonyl (C=O) groups excluding carboxylic acids is 1. The molecule has 0 bridgehead atoms. The second-order valence-electron chi connectivity index (χ2n) is 4.45. The first-order chi connectivity index (χ1) is 9.66. The predicted molar refractivity (Wildman–Crippen MR) is 69.9 cm³/mol. The number of nitrogens with one attached hydrogen (secondary N) is 1. The Kier molecular flexibility index (Phi) is 5.17. The highest BCUT2D eigenvalue weighted by Crippen LogP contribution is 2.31. The normalized spacial score (nSPS) is 12.8. The highest BCUT2D eigenvalue weighted by Gasteiger charge is 2.31. The lowest BCUT2D eigenvalue weighted by Gasteiger charge is -2.16. The molecule has 0 radical (unpaired) electrons. The van der Waals surface area contributed by atoms with Crippen molar-refractivity contribution in [3.8, 4) is 0 Å². The summed E-state index contributed by atoms with van der Waals surface area (Å²) in [5, 5.41) is 11.6. The topological polar surface area (TPSA) is 92.4 Å². The summed E-state index contributed by atoms with van der Waals surface area (Å²) in [6.07, 6.45) is -4.25. The van der Waals surface area contributed by atoms with Gasteiger partial charge in [-0.3, -0.25) is 9.59 Å². The van der Waals surface area contributed by atoms with E-state index in [1.54, 1.807) is 6.92 Å². The number of carbonyl (C=O) groups is 2. The van der Waals surface area contributed by atoms with Crippen molar-refractivity contribution in [2.75, 3.05) is 11.9 Å². The van der Waals surface area contributed by atoms with Crippen molar-refractivity contribution < 1.29 is 27.9 Å². The molecule has 0 aromatic heterocycles. The summed E-state index contributed by atoms with van der Waals surface area (Å²) in [7, 11) is 0. The van der Waals surface area contributed by atoms with Gasteiger partial charge < -0.3 is 16.2 Å². The molecule has 0 fully saturated rings. The summed E-state index contributed by atoms with van der Waals surface area (Å²) in [5.74, 6) is -2.77. The van der Waals surface area contributed by atoms with Crippen molar-refractivity contribution in [2.24, 2.45) is 11.7 Å². The highest BCUT2D eigenvalue weighted by atomic mass is 19.4. The lowest BCUT2D eigenvalue weighted by Crippen LogP contribution is -2.24. The first-order valence-electron chi connectivity index (χ1n) is 6.14. The number of alkyl halides is 3. The second kappa shape index (κ2) is 6.47. The van der Waals surface area contributed by atoms with E-state index in [1.165, 1.54) is 0 Å². The summed E-state index contributed by atoms with van der Waals surface area (Å²) in [4.78, 5) is 22.1. The molecule has 0 saturated heterocycles.